The number of amides is 1. The lowest BCUT2D eigenvalue weighted by molar-refractivity contribution is -0.131. The van der Waals surface area contributed by atoms with Crippen LogP contribution >= 0.6 is 11.8 Å². The van der Waals surface area contributed by atoms with E-state index in [0.717, 1.165) is 37.9 Å². The van der Waals surface area contributed by atoms with Gasteiger partial charge in [-0.15, -0.1) is 0 Å². The first-order chi connectivity index (χ1) is 17.6. The predicted octanol–water partition coefficient (Wildman–Crippen LogP) is 3.69. The van der Waals surface area contributed by atoms with Crippen LogP contribution in [0.4, 0.5) is 0 Å². The van der Waals surface area contributed by atoms with Gasteiger partial charge in [-0.1, -0.05) is 60.6 Å². The van der Waals surface area contributed by atoms with E-state index in [2.05, 4.69) is 17.4 Å². The first-order valence-corrected chi connectivity index (χ1v) is 13.6. The Bertz CT molecular complexity index is 1270. The van der Waals surface area contributed by atoms with Gasteiger partial charge in [0.1, 0.15) is 5.75 Å². The lowest BCUT2D eigenvalue weighted by Crippen LogP contribution is -2.44. The van der Waals surface area contributed by atoms with E-state index < -0.39 is 0 Å². The number of nitrogens with zero attached hydrogens (tertiary/aromatic N) is 3. The van der Waals surface area contributed by atoms with E-state index in [0.29, 0.717) is 34.6 Å². The van der Waals surface area contributed by atoms with Crippen LogP contribution in [0.2, 0.25) is 0 Å². The number of fused-ring (bicyclic) bond motifs is 1. The van der Waals surface area contributed by atoms with Gasteiger partial charge in [-0.3, -0.25) is 14.2 Å². The molecule has 1 fully saturated rings. The Kier molecular flexibility index (Phi) is 7.72. The highest BCUT2D eigenvalue weighted by Crippen LogP contribution is 2.37. The van der Waals surface area contributed by atoms with Gasteiger partial charge in [-0.2, -0.15) is 0 Å². The number of para-hydroxylation sites is 2. The summed E-state index contributed by atoms with van der Waals surface area (Å²) in [7, 11) is 0. The van der Waals surface area contributed by atoms with Crippen molar-refractivity contribution < 1.29 is 9.90 Å². The summed E-state index contributed by atoms with van der Waals surface area (Å²) in [5.74, 6) is 0.0297. The predicted molar refractivity (Wildman–Crippen MR) is 142 cm³/mol. The normalized spacial score (nSPS) is 15.4. The number of aromatic hydroxyl groups is 1. The minimum absolute atomic E-state index is 0.0122. The van der Waals surface area contributed by atoms with Crippen LogP contribution in [0.1, 0.15) is 42.5 Å². The van der Waals surface area contributed by atoms with Crippen molar-refractivity contribution in [3.05, 3.63) is 81.8 Å². The van der Waals surface area contributed by atoms with Crippen LogP contribution in [-0.2, 0) is 24.2 Å². The molecule has 1 aliphatic heterocycles. The van der Waals surface area contributed by atoms with Crippen molar-refractivity contribution in [3.8, 4) is 11.4 Å². The summed E-state index contributed by atoms with van der Waals surface area (Å²) >= 11 is 1.62. The van der Waals surface area contributed by atoms with Gasteiger partial charge in [-0.25, -0.2) is 4.98 Å². The maximum Gasteiger partial charge on any atom is 0.264 e. The molecular weight excluding hydrogens is 472 g/mol. The molecule has 1 saturated carbocycles. The summed E-state index contributed by atoms with van der Waals surface area (Å²) in [4.78, 5) is 33.3. The number of aryl methyl sites for hydroxylation is 1. The van der Waals surface area contributed by atoms with E-state index >= 15 is 0 Å². The van der Waals surface area contributed by atoms with Crippen molar-refractivity contribution in [2.45, 2.75) is 55.5 Å². The fraction of sp³-hybridized carbons (Fsp3) is 0.393. The summed E-state index contributed by atoms with van der Waals surface area (Å²) in [6, 6.07) is 17.2. The van der Waals surface area contributed by atoms with E-state index in [1.54, 1.807) is 40.9 Å². The number of carbonyl (C=O) groups excluding carboxylic acids is 1. The molecular formula is C28H32N4O3S. The molecule has 5 rings (SSSR count). The molecule has 0 atom stereocenters. The fourth-order valence-electron chi connectivity index (χ4n) is 4.62. The second-order valence-corrected chi connectivity index (χ2v) is 10.7. The highest BCUT2D eigenvalue weighted by molar-refractivity contribution is 7.99. The molecule has 2 aliphatic rings. The van der Waals surface area contributed by atoms with Crippen molar-refractivity contribution in [2.75, 3.05) is 19.6 Å². The SMILES string of the molecule is O=C(CNCCCc1ccccc1)N1CCc2nc(SC3CCC3)n(-c3ccccc3O)c(=O)c2C1. The number of phenolic OH excluding ortho intramolecular Hbond substituents is 1. The van der Waals surface area contributed by atoms with Crippen molar-refractivity contribution in [1.29, 1.82) is 0 Å². The summed E-state index contributed by atoms with van der Waals surface area (Å²) in [6.45, 7) is 1.81. The minimum atomic E-state index is -0.198. The molecule has 188 valence electrons. The van der Waals surface area contributed by atoms with Gasteiger partial charge in [0, 0.05) is 18.2 Å². The number of nitrogens with one attached hydrogen (secondary N) is 1. The van der Waals surface area contributed by atoms with E-state index in [9.17, 15) is 14.7 Å². The number of hydrogen-bond donors (Lipinski definition) is 2. The van der Waals surface area contributed by atoms with E-state index in [4.69, 9.17) is 4.98 Å². The number of rotatable bonds is 9. The van der Waals surface area contributed by atoms with Crippen LogP contribution in [0.5, 0.6) is 5.75 Å². The Morgan fingerprint density at radius 1 is 1.11 bits per heavy atom. The maximum absolute atomic E-state index is 13.7. The Morgan fingerprint density at radius 2 is 1.89 bits per heavy atom. The first kappa shape index (κ1) is 24.6. The molecule has 3 aromatic rings. The maximum atomic E-state index is 13.7. The average Bonchev–Trinajstić information content (AvgIpc) is 2.87. The molecule has 0 radical (unpaired) electrons. The molecule has 8 heteroatoms. The molecule has 7 nitrogen and oxygen atoms in total. The lowest BCUT2D eigenvalue weighted by atomic mass is 10.0. The third kappa shape index (κ3) is 5.50. The highest BCUT2D eigenvalue weighted by Gasteiger charge is 2.29. The number of aromatic nitrogens is 2. The number of thioether (sulfide) groups is 1. The molecule has 0 spiro atoms. The Hall–Kier alpha value is -3.10. The third-order valence-corrected chi connectivity index (χ3v) is 8.23. The number of benzene rings is 2. The van der Waals surface area contributed by atoms with Crippen LogP contribution < -0.4 is 10.9 Å². The first-order valence-electron chi connectivity index (χ1n) is 12.7. The Labute approximate surface area is 215 Å². The fourth-order valence-corrected chi connectivity index (χ4v) is 5.94. The molecule has 0 saturated heterocycles. The smallest absolute Gasteiger partial charge is 0.264 e. The number of phenols is 1. The summed E-state index contributed by atoms with van der Waals surface area (Å²) in [5.41, 5.74) is 2.84. The molecule has 2 heterocycles. The summed E-state index contributed by atoms with van der Waals surface area (Å²) < 4.78 is 1.53. The van der Waals surface area contributed by atoms with Crippen molar-refractivity contribution >= 4 is 17.7 Å². The molecule has 36 heavy (non-hydrogen) atoms. The number of carbonyl (C=O) groups is 1. The van der Waals surface area contributed by atoms with Gasteiger partial charge in [0.05, 0.1) is 30.0 Å². The van der Waals surface area contributed by atoms with Crippen LogP contribution in [-0.4, -0.2) is 50.3 Å². The van der Waals surface area contributed by atoms with Gasteiger partial charge in [0.25, 0.3) is 5.56 Å². The minimum Gasteiger partial charge on any atom is -0.506 e. The second kappa shape index (κ2) is 11.3. The van der Waals surface area contributed by atoms with Crippen LogP contribution in [0.3, 0.4) is 0 Å². The van der Waals surface area contributed by atoms with Crippen LogP contribution in [0.25, 0.3) is 5.69 Å². The zero-order valence-electron chi connectivity index (χ0n) is 20.4. The van der Waals surface area contributed by atoms with Gasteiger partial charge in [0.15, 0.2) is 5.16 Å². The van der Waals surface area contributed by atoms with E-state index in [1.807, 2.05) is 18.2 Å². The highest BCUT2D eigenvalue weighted by atomic mass is 32.2. The molecule has 2 N–H and O–H groups in total. The van der Waals surface area contributed by atoms with Gasteiger partial charge < -0.3 is 15.3 Å². The van der Waals surface area contributed by atoms with Gasteiger partial charge in [-0.05, 0) is 49.9 Å². The monoisotopic (exact) mass is 504 g/mol. The van der Waals surface area contributed by atoms with E-state index in [1.165, 1.54) is 16.6 Å². The summed E-state index contributed by atoms with van der Waals surface area (Å²) in [5, 5.41) is 14.8. The molecule has 0 bridgehead atoms. The lowest BCUT2D eigenvalue weighted by Gasteiger charge is -2.30. The molecule has 1 amide bonds. The topological polar surface area (TPSA) is 87.5 Å². The third-order valence-electron chi connectivity index (χ3n) is 6.94. The van der Waals surface area contributed by atoms with Crippen LogP contribution in [0, 0.1) is 0 Å². The standard InChI is InChI=1S/C28H32N4O3S/c33-25-14-5-4-13-24(25)32-27(35)22-19-31(17-15-23(22)30-28(32)36-21-11-6-12-21)26(34)18-29-16-7-10-20-8-2-1-3-9-20/h1-5,8-9,13-14,21,29,33H,6-7,10-12,15-19H2. The van der Waals surface area contributed by atoms with Crippen LogP contribution in [0.15, 0.2) is 64.5 Å². The molecule has 1 aliphatic carbocycles. The van der Waals surface area contributed by atoms with Gasteiger partial charge in [0.2, 0.25) is 5.91 Å². The second-order valence-electron chi connectivity index (χ2n) is 9.45. The average molecular weight is 505 g/mol. The van der Waals surface area contributed by atoms with E-state index in [-0.39, 0.29) is 30.3 Å². The quantitative estimate of drug-likeness (QED) is 0.341. The van der Waals surface area contributed by atoms with Crippen molar-refractivity contribution in [2.24, 2.45) is 0 Å². The van der Waals surface area contributed by atoms with Gasteiger partial charge >= 0.3 is 0 Å². The molecule has 2 aromatic carbocycles. The zero-order chi connectivity index (χ0) is 24.9. The summed E-state index contributed by atoms with van der Waals surface area (Å²) in [6.07, 6.45) is 5.90. The molecule has 0 unspecified atom stereocenters. The Morgan fingerprint density at radius 3 is 2.64 bits per heavy atom. The Balaban J connectivity index is 1.28. The zero-order valence-corrected chi connectivity index (χ0v) is 21.2. The molecule has 1 aromatic heterocycles. The number of hydrogen-bond acceptors (Lipinski definition) is 6. The largest absolute Gasteiger partial charge is 0.506 e. The van der Waals surface area contributed by atoms with Crippen molar-refractivity contribution in [3.63, 3.8) is 0 Å². The van der Waals surface area contributed by atoms with Crippen molar-refractivity contribution in [1.82, 2.24) is 19.8 Å².